The predicted octanol–water partition coefficient (Wildman–Crippen LogP) is 0.421. The van der Waals surface area contributed by atoms with Gasteiger partial charge in [-0.05, 0) is 0 Å². The minimum absolute atomic E-state index is 0.244. The van der Waals surface area contributed by atoms with Gasteiger partial charge in [-0.15, -0.1) is 11.3 Å². The molecule has 2 aromatic rings. The summed E-state index contributed by atoms with van der Waals surface area (Å²) in [7, 11) is 0. The molecule has 16 heavy (non-hydrogen) atoms. The lowest BCUT2D eigenvalue weighted by atomic mass is 10.3. The molecule has 0 saturated carbocycles. The summed E-state index contributed by atoms with van der Waals surface area (Å²) in [6.07, 6.45) is 3.88. The molecule has 2 rings (SSSR count). The Morgan fingerprint density at radius 3 is 3.12 bits per heavy atom. The Balaban J connectivity index is 1.83. The van der Waals surface area contributed by atoms with Crippen LogP contribution in [0.1, 0.15) is 15.5 Å². The first-order valence-corrected chi connectivity index (χ1v) is 5.61. The van der Waals surface area contributed by atoms with Crippen LogP contribution in [0.4, 0.5) is 5.69 Å². The fraction of sp³-hybridized carbons (Fsp3) is 0.222. The van der Waals surface area contributed by atoms with E-state index in [9.17, 15) is 4.79 Å². The Bertz CT molecular complexity index is 464. The summed E-state index contributed by atoms with van der Waals surface area (Å²) in [6, 6.07) is 0. The van der Waals surface area contributed by atoms with E-state index in [2.05, 4.69) is 20.5 Å². The molecular formula is C9H11N5OS. The minimum atomic E-state index is -0.244. The average molecular weight is 237 g/mol. The van der Waals surface area contributed by atoms with Crippen molar-refractivity contribution in [3.63, 3.8) is 0 Å². The van der Waals surface area contributed by atoms with Crippen molar-refractivity contribution in [2.45, 2.75) is 6.42 Å². The Morgan fingerprint density at radius 2 is 2.50 bits per heavy atom. The van der Waals surface area contributed by atoms with Gasteiger partial charge in [0.1, 0.15) is 5.69 Å². The summed E-state index contributed by atoms with van der Waals surface area (Å²) in [5.41, 5.74) is 6.20. The fourth-order valence-corrected chi connectivity index (χ4v) is 1.85. The lowest BCUT2D eigenvalue weighted by molar-refractivity contribution is 0.0950. The molecule has 0 atom stereocenters. The van der Waals surface area contributed by atoms with Gasteiger partial charge in [0.25, 0.3) is 5.91 Å². The van der Waals surface area contributed by atoms with Crippen LogP contribution in [-0.2, 0) is 6.42 Å². The molecule has 1 amide bonds. The number of thiazole rings is 1. The van der Waals surface area contributed by atoms with Crippen LogP contribution >= 0.6 is 11.3 Å². The van der Waals surface area contributed by atoms with Crippen molar-refractivity contribution in [3.8, 4) is 0 Å². The zero-order valence-corrected chi connectivity index (χ0v) is 9.25. The van der Waals surface area contributed by atoms with Gasteiger partial charge in [0.2, 0.25) is 0 Å². The highest BCUT2D eigenvalue weighted by Gasteiger charge is 2.10. The number of nitrogens with zero attached hydrogens (tertiary/aromatic N) is 2. The first-order valence-electron chi connectivity index (χ1n) is 4.73. The highest BCUT2D eigenvalue weighted by molar-refractivity contribution is 7.09. The summed E-state index contributed by atoms with van der Waals surface area (Å²) >= 11 is 1.57. The van der Waals surface area contributed by atoms with Gasteiger partial charge in [-0.3, -0.25) is 9.89 Å². The van der Waals surface area contributed by atoms with Gasteiger partial charge < -0.3 is 11.1 Å². The second-order valence-electron chi connectivity index (χ2n) is 3.13. The molecule has 0 saturated heterocycles. The highest BCUT2D eigenvalue weighted by atomic mass is 32.1. The predicted molar refractivity (Wildman–Crippen MR) is 61.2 cm³/mol. The van der Waals surface area contributed by atoms with Gasteiger partial charge in [-0.2, -0.15) is 5.10 Å². The molecule has 0 unspecified atom stereocenters. The molecule has 7 heteroatoms. The third kappa shape index (κ3) is 2.37. The first-order chi connectivity index (χ1) is 7.77. The third-order valence-corrected chi connectivity index (χ3v) is 2.84. The lowest BCUT2D eigenvalue weighted by Crippen LogP contribution is -2.26. The van der Waals surface area contributed by atoms with Gasteiger partial charge >= 0.3 is 0 Å². The number of H-pyrrole nitrogens is 1. The number of amides is 1. The maximum atomic E-state index is 11.6. The molecule has 0 aliphatic heterocycles. The first kappa shape index (κ1) is 10.6. The summed E-state index contributed by atoms with van der Waals surface area (Å²) in [5.74, 6) is -0.244. The molecule has 0 aliphatic carbocycles. The van der Waals surface area contributed by atoms with E-state index in [4.69, 9.17) is 5.73 Å². The van der Waals surface area contributed by atoms with E-state index in [-0.39, 0.29) is 5.91 Å². The Hall–Kier alpha value is -1.89. The molecule has 2 heterocycles. The van der Waals surface area contributed by atoms with Crippen LogP contribution in [0, 0.1) is 0 Å². The van der Waals surface area contributed by atoms with Gasteiger partial charge in [0, 0.05) is 24.5 Å². The highest BCUT2D eigenvalue weighted by Crippen LogP contribution is 2.06. The number of nitrogens with one attached hydrogen (secondary N) is 2. The molecule has 2 aromatic heterocycles. The largest absolute Gasteiger partial charge is 0.396 e. The second-order valence-corrected chi connectivity index (χ2v) is 4.11. The summed E-state index contributed by atoms with van der Waals surface area (Å²) in [6.45, 7) is 0.533. The van der Waals surface area contributed by atoms with E-state index < -0.39 is 0 Å². The molecule has 84 valence electrons. The van der Waals surface area contributed by atoms with Crippen LogP contribution in [0.25, 0.3) is 0 Å². The number of hydrogen-bond donors (Lipinski definition) is 3. The van der Waals surface area contributed by atoms with E-state index in [0.29, 0.717) is 17.9 Å². The lowest BCUT2D eigenvalue weighted by Gasteiger charge is -2.02. The van der Waals surface area contributed by atoms with Crippen LogP contribution < -0.4 is 11.1 Å². The van der Waals surface area contributed by atoms with Crippen LogP contribution in [0.5, 0.6) is 0 Å². The number of anilines is 1. The second kappa shape index (κ2) is 4.75. The number of aromatic amines is 1. The van der Waals surface area contributed by atoms with Gasteiger partial charge in [0.05, 0.1) is 16.9 Å². The monoisotopic (exact) mass is 237 g/mol. The molecule has 4 N–H and O–H groups in total. The average Bonchev–Trinajstić information content (AvgIpc) is 2.88. The molecular weight excluding hydrogens is 226 g/mol. The van der Waals surface area contributed by atoms with E-state index in [0.717, 1.165) is 11.4 Å². The topological polar surface area (TPSA) is 96.7 Å². The van der Waals surface area contributed by atoms with E-state index in [1.807, 2.05) is 5.38 Å². The third-order valence-electron chi connectivity index (χ3n) is 2.00. The number of carbonyl (C=O) groups excluding carboxylic acids is 1. The van der Waals surface area contributed by atoms with Crippen molar-refractivity contribution in [1.29, 1.82) is 0 Å². The number of rotatable bonds is 4. The summed E-state index contributed by atoms with van der Waals surface area (Å²) in [4.78, 5) is 15.7. The van der Waals surface area contributed by atoms with Gasteiger partial charge in [-0.1, -0.05) is 0 Å². The number of nitrogen functional groups attached to an aromatic ring is 1. The maximum absolute atomic E-state index is 11.6. The van der Waals surface area contributed by atoms with Gasteiger partial charge in [-0.25, -0.2) is 4.98 Å². The van der Waals surface area contributed by atoms with Crippen molar-refractivity contribution >= 4 is 22.9 Å². The number of aromatic nitrogens is 3. The normalized spacial score (nSPS) is 10.2. The van der Waals surface area contributed by atoms with Gasteiger partial charge in [0.15, 0.2) is 0 Å². The molecule has 0 radical (unpaired) electrons. The SMILES string of the molecule is Nc1cn[nH]c1C(=O)NCCc1nccs1. The quantitative estimate of drug-likeness (QED) is 0.718. The zero-order chi connectivity index (χ0) is 11.4. The van der Waals surface area contributed by atoms with E-state index in [1.165, 1.54) is 6.20 Å². The smallest absolute Gasteiger partial charge is 0.271 e. The van der Waals surface area contributed by atoms with Crippen molar-refractivity contribution in [1.82, 2.24) is 20.5 Å². The molecule has 0 aliphatic rings. The van der Waals surface area contributed by atoms with Crippen molar-refractivity contribution in [2.24, 2.45) is 0 Å². The molecule has 0 aromatic carbocycles. The summed E-state index contributed by atoms with van der Waals surface area (Å²) in [5, 5.41) is 11.9. The Labute approximate surface area is 95.9 Å². The summed E-state index contributed by atoms with van der Waals surface area (Å²) < 4.78 is 0. The van der Waals surface area contributed by atoms with Crippen LogP contribution in [0.3, 0.4) is 0 Å². The molecule has 6 nitrogen and oxygen atoms in total. The standard InChI is InChI=1S/C9H11N5OS/c10-6-5-13-14-8(6)9(15)12-2-1-7-11-3-4-16-7/h3-5H,1-2,10H2,(H,12,15)(H,13,14). The van der Waals surface area contributed by atoms with E-state index >= 15 is 0 Å². The van der Waals surface area contributed by atoms with E-state index in [1.54, 1.807) is 17.5 Å². The number of nitrogens with two attached hydrogens (primary N) is 1. The number of hydrogen-bond acceptors (Lipinski definition) is 5. The van der Waals surface area contributed by atoms with Crippen molar-refractivity contribution in [2.75, 3.05) is 12.3 Å². The Kier molecular flexibility index (Phi) is 3.16. The molecule has 0 bridgehead atoms. The van der Waals surface area contributed by atoms with Crippen LogP contribution in [-0.4, -0.2) is 27.6 Å². The van der Waals surface area contributed by atoms with Crippen molar-refractivity contribution < 1.29 is 4.79 Å². The molecule has 0 spiro atoms. The van der Waals surface area contributed by atoms with Crippen LogP contribution in [0.2, 0.25) is 0 Å². The Morgan fingerprint density at radius 1 is 1.62 bits per heavy atom. The zero-order valence-electron chi connectivity index (χ0n) is 8.43. The fourth-order valence-electron chi connectivity index (χ4n) is 1.23. The maximum Gasteiger partial charge on any atom is 0.271 e. The number of carbonyl (C=O) groups is 1. The minimum Gasteiger partial charge on any atom is -0.396 e. The molecule has 0 fully saturated rings. The van der Waals surface area contributed by atoms with Crippen molar-refractivity contribution in [3.05, 3.63) is 28.5 Å². The van der Waals surface area contributed by atoms with Crippen LogP contribution in [0.15, 0.2) is 17.8 Å².